The Bertz CT molecular complexity index is 1120. The molecule has 0 fully saturated rings. The zero-order chi connectivity index (χ0) is 23.8. The first-order chi connectivity index (χ1) is 15.8. The number of carbonyl (C=O) groups is 3. The number of carboxylic acids is 1. The largest absolute Gasteiger partial charge is 0.480 e. The van der Waals surface area contributed by atoms with E-state index >= 15 is 0 Å². The molecule has 0 unspecified atom stereocenters. The summed E-state index contributed by atoms with van der Waals surface area (Å²) >= 11 is 0. The summed E-state index contributed by atoms with van der Waals surface area (Å²) in [5.74, 6) is -2.88. The summed E-state index contributed by atoms with van der Waals surface area (Å²) < 4.78 is 14.0. The number of hydrogen-bond donors (Lipinski definition) is 3. The van der Waals surface area contributed by atoms with E-state index in [0.29, 0.717) is 0 Å². The normalized spacial score (nSPS) is 12.4. The van der Waals surface area contributed by atoms with E-state index in [1.807, 2.05) is 54.6 Å². The molecular formula is C26H25FN2O4. The minimum Gasteiger partial charge on any atom is -0.480 e. The Kier molecular flexibility index (Phi) is 7.91. The standard InChI is InChI=1S/C26H25FN2O4/c1-17(30)28-23(16-21-9-5-6-10-22(21)27)25(31)29-24(26(32)33)15-18-11-13-20(14-12-18)19-7-3-2-4-8-19/h2-14,23-24H,15-16H2,1H3,(H,28,30)(H,29,31)(H,32,33)/t23-,24-/m1/s1. The van der Waals surface area contributed by atoms with Crippen molar-refractivity contribution < 1.29 is 23.9 Å². The summed E-state index contributed by atoms with van der Waals surface area (Å²) in [6, 6.07) is 20.8. The minimum absolute atomic E-state index is 0.0582. The summed E-state index contributed by atoms with van der Waals surface area (Å²) in [5, 5.41) is 14.6. The molecule has 0 bridgehead atoms. The minimum atomic E-state index is -1.21. The molecule has 0 aliphatic rings. The van der Waals surface area contributed by atoms with Crippen molar-refractivity contribution >= 4 is 17.8 Å². The number of aliphatic carboxylic acids is 1. The van der Waals surface area contributed by atoms with Crippen LogP contribution in [0.15, 0.2) is 78.9 Å². The number of nitrogens with one attached hydrogen (secondary N) is 2. The summed E-state index contributed by atoms with van der Waals surface area (Å²) in [5.41, 5.74) is 3.01. The van der Waals surface area contributed by atoms with E-state index in [1.165, 1.54) is 25.1 Å². The number of carbonyl (C=O) groups excluding carboxylic acids is 2. The molecule has 2 atom stereocenters. The lowest BCUT2D eigenvalue weighted by molar-refractivity contribution is -0.142. The van der Waals surface area contributed by atoms with Gasteiger partial charge in [-0.15, -0.1) is 0 Å². The van der Waals surface area contributed by atoms with Gasteiger partial charge in [-0.3, -0.25) is 9.59 Å². The second-order valence-corrected chi connectivity index (χ2v) is 7.72. The van der Waals surface area contributed by atoms with Gasteiger partial charge in [0.15, 0.2) is 0 Å². The van der Waals surface area contributed by atoms with E-state index in [1.54, 1.807) is 6.07 Å². The second-order valence-electron chi connectivity index (χ2n) is 7.72. The van der Waals surface area contributed by atoms with Crippen LogP contribution in [-0.4, -0.2) is 35.0 Å². The average molecular weight is 448 g/mol. The predicted molar refractivity (Wildman–Crippen MR) is 123 cm³/mol. The van der Waals surface area contributed by atoms with Gasteiger partial charge in [-0.05, 0) is 28.3 Å². The predicted octanol–water partition coefficient (Wildman–Crippen LogP) is 3.35. The number of hydrogen-bond acceptors (Lipinski definition) is 3. The maximum Gasteiger partial charge on any atom is 0.326 e. The molecule has 3 aromatic carbocycles. The Balaban J connectivity index is 1.71. The van der Waals surface area contributed by atoms with Crippen molar-refractivity contribution in [2.45, 2.75) is 31.8 Å². The molecule has 7 heteroatoms. The van der Waals surface area contributed by atoms with E-state index in [0.717, 1.165) is 16.7 Å². The van der Waals surface area contributed by atoms with Crippen LogP contribution in [0.3, 0.4) is 0 Å². The van der Waals surface area contributed by atoms with Crippen LogP contribution in [0.2, 0.25) is 0 Å². The van der Waals surface area contributed by atoms with Gasteiger partial charge in [-0.2, -0.15) is 0 Å². The smallest absolute Gasteiger partial charge is 0.326 e. The number of benzene rings is 3. The van der Waals surface area contributed by atoms with Crippen LogP contribution < -0.4 is 10.6 Å². The van der Waals surface area contributed by atoms with E-state index in [4.69, 9.17) is 0 Å². The number of carboxylic acid groups (broad SMARTS) is 1. The molecule has 3 aromatic rings. The fourth-order valence-electron chi connectivity index (χ4n) is 3.51. The van der Waals surface area contributed by atoms with E-state index in [2.05, 4.69) is 10.6 Å². The summed E-state index contributed by atoms with van der Waals surface area (Å²) in [6.07, 6.45) is -0.0428. The lowest BCUT2D eigenvalue weighted by Gasteiger charge is -2.21. The number of halogens is 1. The van der Waals surface area contributed by atoms with Crippen molar-refractivity contribution in [1.29, 1.82) is 0 Å². The van der Waals surface area contributed by atoms with Crippen molar-refractivity contribution in [2.75, 3.05) is 0 Å². The summed E-state index contributed by atoms with van der Waals surface area (Å²) in [4.78, 5) is 36.2. The number of rotatable bonds is 9. The first-order valence-corrected chi connectivity index (χ1v) is 10.5. The lowest BCUT2D eigenvalue weighted by Crippen LogP contribution is -2.52. The Morgan fingerprint density at radius 2 is 1.39 bits per heavy atom. The molecule has 0 aliphatic carbocycles. The molecule has 0 heterocycles. The van der Waals surface area contributed by atoms with Crippen LogP contribution in [0.25, 0.3) is 11.1 Å². The third-order valence-electron chi connectivity index (χ3n) is 5.19. The van der Waals surface area contributed by atoms with Crippen LogP contribution in [0.1, 0.15) is 18.1 Å². The summed E-state index contributed by atoms with van der Waals surface area (Å²) in [7, 11) is 0. The van der Waals surface area contributed by atoms with Crippen molar-refractivity contribution in [1.82, 2.24) is 10.6 Å². The Morgan fingerprint density at radius 3 is 2.00 bits per heavy atom. The third-order valence-corrected chi connectivity index (χ3v) is 5.19. The molecular weight excluding hydrogens is 423 g/mol. The van der Waals surface area contributed by atoms with Crippen LogP contribution in [0.5, 0.6) is 0 Å². The van der Waals surface area contributed by atoms with Crippen LogP contribution in [0, 0.1) is 5.82 Å². The molecule has 33 heavy (non-hydrogen) atoms. The Morgan fingerprint density at radius 1 is 0.788 bits per heavy atom. The zero-order valence-electron chi connectivity index (χ0n) is 18.1. The highest BCUT2D eigenvalue weighted by Gasteiger charge is 2.27. The Labute approximate surface area is 191 Å². The van der Waals surface area contributed by atoms with Gasteiger partial charge >= 0.3 is 5.97 Å². The quantitative estimate of drug-likeness (QED) is 0.468. The fraction of sp³-hybridized carbons (Fsp3) is 0.192. The van der Waals surface area contributed by atoms with Gasteiger partial charge in [0, 0.05) is 19.8 Å². The lowest BCUT2D eigenvalue weighted by atomic mass is 10.00. The van der Waals surface area contributed by atoms with Crippen molar-refractivity contribution in [3.8, 4) is 11.1 Å². The van der Waals surface area contributed by atoms with Gasteiger partial charge in [-0.25, -0.2) is 9.18 Å². The van der Waals surface area contributed by atoms with E-state index in [9.17, 15) is 23.9 Å². The topological polar surface area (TPSA) is 95.5 Å². The molecule has 0 aromatic heterocycles. The molecule has 0 aliphatic heterocycles. The third kappa shape index (κ3) is 6.74. The maximum absolute atomic E-state index is 14.0. The highest BCUT2D eigenvalue weighted by Crippen LogP contribution is 2.20. The molecule has 3 rings (SSSR count). The molecule has 0 spiro atoms. The molecule has 0 saturated heterocycles. The van der Waals surface area contributed by atoms with Gasteiger partial charge < -0.3 is 15.7 Å². The van der Waals surface area contributed by atoms with Gasteiger partial charge in [0.05, 0.1) is 0 Å². The van der Waals surface area contributed by atoms with Crippen LogP contribution in [-0.2, 0) is 27.2 Å². The maximum atomic E-state index is 14.0. The van der Waals surface area contributed by atoms with Gasteiger partial charge in [0.1, 0.15) is 17.9 Å². The molecule has 6 nitrogen and oxygen atoms in total. The zero-order valence-corrected chi connectivity index (χ0v) is 18.1. The van der Waals surface area contributed by atoms with E-state index in [-0.39, 0.29) is 18.4 Å². The molecule has 0 saturated carbocycles. The monoisotopic (exact) mass is 448 g/mol. The number of amides is 2. The first kappa shape index (κ1) is 23.7. The second kappa shape index (κ2) is 11.0. The first-order valence-electron chi connectivity index (χ1n) is 10.5. The molecule has 170 valence electrons. The van der Waals surface area contributed by atoms with Crippen molar-refractivity contribution in [3.05, 3.63) is 95.8 Å². The average Bonchev–Trinajstić information content (AvgIpc) is 2.80. The molecule has 2 amide bonds. The van der Waals surface area contributed by atoms with Crippen LogP contribution >= 0.6 is 0 Å². The van der Waals surface area contributed by atoms with Crippen molar-refractivity contribution in [2.24, 2.45) is 0 Å². The van der Waals surface area contributed by atoms with Gasteiger partial charge in [0.2, 0.25) is 11.8 Å². The van der Waals surface area contributed by atoms with Crippen LogP contribution in [0.4, 0.5) is 4.39 Å². The molecule has 3 N–H and O–H groups in total. The van der Waals surface area contributed by atoms with Gasteiger partial charge in [0.25, 0.3) is 0 Å². The van der Waals surface area contributed by atoms with Crippen molar-refractivity contribution in [3.63, 3.8) is 0 Å². The SMILES string of the molecule is CC(=O)N[C@H](Cc1ccccc1F)C(=O)N[C@H](Cc1ccc(-c2ccccc2)cc1)C(=O)O. The highest BCUT2D eigenvalue weighted by molar-refractivity contribution is 5.90. The Hall–Kier alpha value is -4.00. The fourth-order valence-corrected chi connectivity index (χ4v) is 3.51. The van der Waals surface area contributed by atoms with Gasteiger partial charge in [-0.1, -0.05) is 72.8 Å². The molecule has 0 radical (unpaired) electrons. The van der Waals surface area contributed by atoms with E-state index < -0.39 is 35.7 Å². The highest BCUT2D eigenvalue weighted by atomic mass is 19.1. The summed E-state index contributed by atoms with van der Waals surface area (Å²) in [6.45, 7) is 1.24.